The van der Waals surface area contributed by atoms with Crippen molar-refractivity contribution in [2.45, 2.75) is 27.0 Å². The Balaban J connectivity index is 1.20. The molecule has 0 radical (unpaired) electrons. The van der Waals surface area contributed by atoms with Crippen molar-refractivity contribution in [3.8, 4) is 17.2 Å². The lowest BCUT2D eigenvalue weighted by molar-refractivity contribution is 0.0992. The van der Waals surface area contributed by atoms with Crippen molar-refractivity contribution in [2.24, 2.45) is 0 Å². The van der Waals surface area contributed by atoms with Crippen LogP contribution in [-0.2, 0) is 13.2 Å². The number of amides is 1. The molecule has 174 valence electrons. The van der Waals surface area contributed by atoms with Crippen LogP contribution in [-0.4, -0.2) is 22.5 Å². The Morgan fingerprint density at radius 1 is 1.12 bits per heavy atom. The molecule has 3 heterocycles. The molecule has 9 heteroatoms. The molecule has 2 aromatic heterocycles. The number of carbonyl (C=O) groups is 1. The Morgan fingerprint density at radius 3 is 2.79 bits per heavy atom. The minimum absolute atomic E-state index is 0.181. The molecule has 5 rings (SSSR count). The highest BCUT2D eigenvalue weighted by molar-refractivity contribution is 9.10. The summed E-state index contributed by atoms with van der Waals surface area (Å²) in [5.41, 5.74) is 3.70. The summed E-state index contributed by atoms with van der Waals surface area (Å²) in [6, 6.07) is 16.4. The van der Waals surface area contributed by atoms with E-state index in [4.69, 9.17) is 18.6 Å². The van der Waals surface area contributed by atoms with E-state index >= 15 is 0 Å². The number of halogens is 1. The molecule has 1 aliphatic rings. The molecule has 8 nitrogen and oxygen atoms in total. The second kappa shape index (κ2) is 9.26. The van der Waals surface area contributed by atoms with Crippen molar-refractivity contribution in [3.63, 3.8) is 0 Å². The lowest BCUT2D eigenvalue weighted by Gasteiger charge is -2.08. The molecular weight excluding hydrogens is 502 g/mol. The summed E-state index contributed by atoms with van der Waals surface area (Å²) < 4.78 is 25.0. The zero-order valence-corrected chi connectivity index (χ0v) is 20.2. The third kappa shape index (κ3) is 4.65. The minimum Gasteiger partial charge on any atom is -0.486 e. The quantitative estimate of drug-likeness (QED) is 0.345. The van der Waals surface area contributed by atoms with Crippen LogP contribution in [0.4, 0.5) is 5.69 Å². The number of aryl methyl sites for hydroxylation is 1. The van der Waals surface area contributed by atoms with Crippen LogP contribution in [0.5, 0.6) is 17.2 Å². The molecule has 0 unspecified atom stereocenters. The average Bonchev–Trinajstić information content (AvgIpc) is 3.55. The molecule has 1 N–H and O–H groups in total. The van der Waals surface area contributed by atoms with Gasteiger partial charge in [-0.25, -0.2) is 0 Å². The molecule has 0 fully saturated rings. The van der Waals surface area contributed by atoms with Gasteiger partial charge in [0.2, 0.25) is 6.79 Å². The first-order valence-corrected chi connectivity index (χ1v) is 11.5. The van der Waals surface area contributed by atoms with Crippen molar-refractivity contribution in [2.75, 3.05) is 12.1 Å². The number of carbonyl (C=O) groups excluding carboxylic acids is 1. The Hall–Kier alpha value is -3.72. The SMILES string of the molecule is Cc1nn(Cc2cccc(NC(=O)c3ccc(COc4ccc5c(c4)OCO5)o3)c2)c(C)c1Br. The number of fused-ring (bicyclic) bond motifs is 1. The predicted octanol–water partition coefficient (Wildman–Crippen LogP) is 5.46. The number of ether oxygens (including phenoxy) is 3. The number of nitrogens with zero attached hydrogens (tertiary/aromatic N) is 2. The monoisotopic (exact) mass is 523 g/mol. The Bertz CT molecular complexity index is 1360. The molecule has 34 heavy (non-hydrogen) atoms. The average molecular weight is 524 g/mol. The first-order chi connectivity index (χ1) is 16.5. The van der Waals surface area contributed by atoms with E-state index in [1.165, 1.54) is 0 Å². The molecule has 0 spiro atoms. The van der Waals surface area contributed by atoms with Crippen LogP contribution in [0.15, 0.2) is 63.5 Å². The topological polar surface area (TPSA) is 87.8 Å². The van der Waals surface area contributed by atoms with Crippen molar-refractivity contribution in [1.82, 2.24) is 9.78 Å². The maximum atomic E-state index is 12.7. The summed E-state index contributed by atoms with van der Waals surface area (Å²) in [5.74, 6) is 2.36. The smallest absolute Gasteiger partial charge is 0.291 e. The molecule has 0 aliphatic carbocycles. The van der Waals surface area contributed by atoms with E-state index in [0.717, 1.165) is 21.4 Å². The van der Waals surface area contributed by atoms with Gasteiger partial charge in [-0.05, 0) is 71.7 Å². The number of hydrogen-bond donors (Lipinski definition) is 1. The van der Waals surface area contributed by atoms with E-state index in [-0.39, 0.29) is 25.1 Å². The van der Waals surface area contributed by atoms with Gasteiger partial charge in [-0.3, -0.25) is 9.48 Å². The summed E-state index contributed by atoms with van der Waals surface area (Å²) >= 11 is 3.55. The Morgan fingerprint density at radius 2 is 1.97 bits per heavy atom. The highest BCUT2D eigenvalue weighted by Gasteiger charge is 2.16. The molecule has 0 saturated heterocycles. The van der Waals surface area contributed by atoms with Crippen LogP contribution in [0, 0.1) is 13.8 Å². The van der Waals surface area contributed by atoms with Crippen LogP contribution in [0.2, 0.25) is 0 Å². The number of benzene rings is 2. The van der Waals surface area contributed by atoms with E-state index < -0.39 is 0 Å². The molecule has 0 bridgehead atoms. The van der Waals surface area contributed by atoms with Crippen LogP contribution >= 0.6 is 15.9 Å². The maximum absolute atomic E-state index is 12.7. The van der Waals surface area contributed by atoms with E-state index in [9.17, 15) is 4.79 Å². The predicted molar refractivity (Wildman–Crippen MR) is 129 cm³/mol. The number of hydrogen-bond acceptors (Lipinski definition) is 6. The zero-order chi connectivity index (χ0) is 23.7. The number of anilines is 1. The molecule has 1 aliphatic heterocycles. The van der Waals surface area contributed by atoms with Crippen LogP contribution in [0.3, 0.4) is 0 Å². The van der Waals surface area contributed by atoms with Crippen LogP contribution in [0.1, 0.15) is 33.3 Å². The van der Waals surface area contributed by atoms with Gasteiger partial charge in [-0.1, -0.05) is 12.1 Å². The van der Waals surface area contributed by atoms with Gasteiger partial charge >= 0.3 is 0 Å². The summed E-state index contributed by atoms with van der Waals surface area (Å²) in [6.45, 7) is 4.96. The molecule has 2 aromatic carbocycles. The molecular formula is C25H22BrN3O5. The fourth-order valence-corrected chi connectivity index (χ4v) is 3.92. The summed E-state index contributed by atoms with van der Waals surface area (Å²) in [4.78, 5) is 12.7. The maximum Gasteiger partial charge on any atom is 0.291 e. The first-order valence-electron chi connectivity index (χ1n) is 10.7. The van der Waals surface area contributed by atoms with Crippen LogP contribution in [0.25, 0.3) is 0 Å². The highest BCUT2D eigenvalue weighted by atomic mass is 79.9. The van der Waals surface area contributed by atoms with Gasteiger partial charge in [-0.15, -0.1) is 0 Å². The van der Waals surface area contributed by atoms with E-state index in [0.29, 0.717) is 35.2 Å². The Labute approximate surface area is 204 Å². The normalized spacial score (nSPS) is 12.1. The standard InChI is InChI=1S/C25H22BrN3O5/c1-15-24(26)16(2)29(28-15)12-17-4-3-5-18(10-17)27-25(30)22-9-7-20(34-22)13-31-19-6-8-21-23(11-19)33-14-32-21/h3-11H,12-14H2,1-2H3,(H,27,30). The van der Waals surface area contributed by atoms with Crippen LogP contribution < -0.4 is 19.5 Å². The van der Waals surface area contributed by atoms with E-state index in [1.54, 1.807) is 30.3 Å². The second-order valence-corrected chi connectivity index (χ2v) is 8.66. The summed E-state index contributed by atoms with van der Waals surface area (Å²) in [7, 11) is 0. The van der Waals surface area contributed by atoms with Crippen molar-refractivity contribution < 1.29 is 23.4 Å². The fourth-order valence-electron chi connectivity index (χ4n) is 3.64. The van der Waals surface area contributed by atoms with Crippen molar-refractivity contribution in [3.05, 3.63) is 87.5 Å². The Kier molecular flexibility index (Phi) is 6.02. The number of furan rings is 1. The lowest BCUT2D eigenvalue weighted by atomic mass is 10.2. The van der Waals surface area contributed by atoms with Crippen molar-refractivity contribution in [1.29, 1.82) is 0 Å². The van der Waals surface area contributed by atoms with Gasteiger partial charge in [0, 0.05) is 11.8 Å². The molecule has 1 amide bonds. The van der Waals surface area contributed by atoms with Gasteiger partial charge in [-0.2, -0.15) is 5.10 Å². The third-order valence-corrected chi connectivity index (χ3v) is 6.57. The van der Waals surface area contributed by atoms with Gasteiger partial charge in [0.25, 0.3) is 5.91 Å². The number of rotatable bonds is 7. The number of aromatic nitrogens is 2. The minimum atomic E-state index is -0.333. The van der Waals surface area contributed by atoms with Crippen molar-refractivity contribution >= 4 is 27.5 Å². The second-order valence-electron chi connectivity index (χ2n) is 7.87. The zero-order valence-electron chi connectivity index (χ0n) is 18.6. The van der Waals surface area contributed by atoms with E-state index in [2.05, 4.69) is 26.3 Å². The van der Waals surface area contributed by atoms with E-state index in [1.807, 2.05) is 42.8 Å². The third-order valence-electron chi connectivity index (χ3n) is 5.42. The molecule has 0 atom stereocenters. The molecule has 4 aromatic rings. The lowest BCUT2D eigenvalue weighted by Crippen LogP contribution is -2.11. The molecule has 0 saturated carbocycles. The number of nitrogens with one attached hydrogen (secondary N) is 1. The first kappa shape index (κ1) is 22.1. The fraction of sp³-hybridized carbons (Fsp3) is 0.200. The van der Waals surface area contributed by atoms with Gasteiger partial charge in [0.1, 0.15) is 18.1 Å². The largest absolute Gasteiger partial charge is 0.486 e. The highest BCUT2D eigenvalue weighted by Crippen LogP contribution is 2.35. The van der Waals surface area contributed by atoms with Gasteiger partial charge in [0.15, 0.2) is 17.3 Å². The summed E-state index contributed by atoms with van der Waals surface area (Å²) in [6.07, 6.45) is 0. The summed E-state index contributed by atoms with van der Waals surface area (Å²) in [5, 5.41) is 7.43. The van der Waals surface area contributed by atoms with Gasteiger partial charge < -0.3 is 23.9 Å². The van der Waals surface area contributed by atoms with Gasteiger partial charge in [0.05, 0.1) is 22.4 Å².